The zero-order valence-corrected chi connectivity index (χ0v) is 9.20. The van der Waals surface area contributed by atoms with Crippen molar-refractivity contribution < 1.29 is 0 Å². The van der Waals surface area contributed by atoms with Gasteiger partial charge in [0.25, 0.3) is 0 Å². The molecule has 0 amide bonds. The number of hydrogen-bond acceptors (Lipinski definition) is 3. The summed E-state index contributed by atoms with van der Waals surface area (Å²) in [5.41, 5.74) is 7.49. The predicted molar refractivity (Wildman–Crippen MR) is 61.4 cm³/mol. The summed E-state index contributed by atoms with van der Waals surface area (Å²) in [6.45, 7) is 4.41. The van der Waals surface area contributed by atoms with Crippen molar-refractivity contribution >= 4 is 11.4 Å². The van der Waals surface area contributed by atoms with Crippen LogP contribution in [-0.2, 0) is 0 Å². The molecule has 0 fully saturated rings. The molecule has 1 aromatic heterocycles. The highest BCUT2D eigenvalue weighted by atomic mass is 15.1. The van der Waals surface area contributed by atoms with E-state index in [0.717, 1.165) is 11.4 Å². The molecule has 0 bridgehead atoms. The summed E-state index contributed by atoms with van der Waals surface area (Å²) in [7, 11) is 2.08. The van der Waals surface area contributed by atoms with Gasteiger partial charge >= 0.3 is 0 Å². The molecule has 0 radical (unpaired) electrons. The smallest absolute Gasteiger partial charge is 0.0573 e. The number of nitrogen functional groups attached to an aromatic ring is 1. The second-order valence-electron chi connectivity index (χ2n) is 3.73. The van der Waals surface area contributed by atoms with Crippen LogP contribution in [-0.4, -0.2) is 18.1 Å². The molecular formula is C11H19N3. The molecule has 0 aliphatic rings. The minimum absolute atomic E-state index is 0.531. The highest BCUT2D eigenvalue weighted by Gasteiger charge is 2.08. The van der Waals surface area contributed by atoms with Crippen LogP contribution in [0.15, 0.2) is 18.5 Å². The van der Waals surface area contributed by atoms with Crippen LogP contribution in [0.2, 0.25) is 0 Å². The molecule has 0 aromatic carbocycles. The number of nitrogens with two attached hydrogens (primary N) is 1. The first-order valence-corrected chi connectivity index (χ1v) is 5.08. The Balaban J connectivity index is 2.73. The molecule has 1 heterocycles. The van der Waals surface area contributed by atoms with E-state index in [-0.39, 0.29) is 0 Å². The number of rotatable bonds is 4. The summed E-state index contributed by atoms with van der Waals surface area (Å²) in [5, 5.41) is 0. The Morgan fingerprint density at radius 3 is 2.79 bits per heavy atom. The van der Waals surface area contributed by atoms with Crippen molar-refractivity contribution in [1.29, 1.82) is 0 Å². The van der Waals surface area contributed by atoms with E-state index in [9.17, 15) is 0 Å². The van der Waals surface area contributed by atoms with Crippen molar-refractivity contribution in [2.24, 2.45) is 0 Å². The van der Waals surface area contributed by atoms with Crippen LogP contribution >= 0.6 is 0 Å². The number of nitrogens with zero attached hydrogens (tertiary/aromatic N) is 2. The number of pyridine rings is 1. The third-order valence-electron chi connectivity index (χ3n) is 2.52. The zero-order valence-electron chi connectivity index (χ0n) is 9.20. The van der Waals surface area contributed by atoms with Gasteiger partial charge in [-0.25, -0.2) is 0 Å². The van der Waals surface area contributed by atoms with Gasteiger partial charge in [-0.15, -0.1) is 0 Å². The van der Waals surface area contributed by atoms with Gasteiger partial charge in [0.2, 0.25) is 0 Å². The van der Waals surface area contributed by atoms with Crippen molar-refractivity contribution in [3.8, 4) is 0 Å². The monoisotopic (exact) mass is 193 g/mol. The van der Waals surface area contributed by atoms with Crippen molar-refractivity contribution in [2.45, 2.75) is 32.7 Å². The molecule has 3 heteroatoms. The first-order chi connectivity index (χ1) is 6.65. The molecule has 0 aliphatic heterocycles. The van der Waals surface area contributed by atoms with Gasteiger partial charge in [0.15, 0.2) is 0 Å². The molecule has 14 heavy (non-hydrogen) atoms. The van der Waals surface area contributed by atoms with Gasteiger partial charge < -0.3 is 10.6 Å². The Bertz CT molecular complexity index is 286. The summed E-state index contributed by atoms with van der Waals surface area (Å²) in [6.07, 6.45) is 5.90. The highest BCUT2D eigenvalue weighted by molar-refractivity contribution is 5.53. The Hall–Kier alpha value is -1.25. The quantitative estimate of drug-likeness (QED) is 0.797. The number of hydrogen-bond donors (Lipinski definition) is 1. The van der Waals surface area contributed by atoms with E-state index < -0.39 is 0 Å². The Morgan fingerprint density at radius 1 is 1.50 bits per heavy atom. The Morgan fingerprint density at radius 2 is 2.21 bits per heavy atom. The van der Waals surface area contributed by atoms with E-state index in [1.54, 1.807) is 6.20 Å². The molecule has 2 N–H and O–H groups in total. The molecule has 0 saturated heterocycles. The lowest BCUT2D eigenvalue weighted by molar-refractivity contribution is 0.615. The predicted octanol–water partition coefficient (Wildman–Crippen LogP) is 2.29. The van der Waals surface area contributed by atoms with Gasteiger partial charge in [-0.1, -0.05) is 13.3 Å². The van der Waals surface area contributed by atoms with E-state index in [4.69, 9.17) is 5.73 Å². The van der Waals surface area contributed by atoms with Crippen molar-refractivity contribution in [1.82, 2.24) is 4.98 Å². The molecule has 0 aliphatic carbocycles. The molecule has 78 valence electrons. The summed E-state index contributed by atoms with van der Waals surface area (Å²) in [6, 6.07) is 2.49. The molecule has 1 unspecified atom stereocenters. The fraction of sp³-hybridized carbons (Fsp3) is 0.545. The van der Waals surface area contributed by atoms with Crippen LogP contribution < -0.4 is 10.6 Å². The Labute approximate surface area is 85.9 Å². The third kappa shape index (κ3) is 2.62. The highest BCUT2D eigenvalue weighted by Crippen LogP contribution is 2.18. The molecular weight excluding hydrogens is 174 g/mol. The number of anilines is 2. The fourth-order valence-corrected chi connectivity index (χ4v) is 1.50. The summed E-state index contributed by atoms with van der Waals surface area (Å²) in [5.74, 6) is 0. The first kappa shape index (κ1) is 10.8. The van der Waals surface area contributed by atoms with Crippen molar-refractivity contribution in [3.05, 3.63) is 18.5 Å². The largest absolute Gasteiger partial charge is 0.397 e. The second kappa shape index (κ2) is 4.84. The van der Waals surface area contributed by atoms with Gasteiger partial charge in [-0.2, -0.15) is 0 Å². The maximum atomic E-state index is 5.68. The van der Waals surface area contributed by atoms with Crippen LogP contribution in [0.5, 0.6) is 0 Å². The van der Waals surface area contributed by atoms with Crippen LogP contribution in [0.25, 0.3) is 0 Å². The van der Waals surface area contributed by atoms with E-state index in [1.807, 2.05) is 12.3 Å². The van der Waals surface area contributed by atoms with Crippen LogP contribution in [0, 0.1) is 0 Å². The maximum Gasteiger partial charge on any atom is 0.0573 e. The van der Waals surface area contributed by atoms with E-state index in [0.29, 0.717) is 6.04 Å². The second-order valence-corrected chi connectivity index (χ2v) is 3.73. The van der Waals surface area contributed by atoms with Crippen LogP contribution in [0.3, 0.4) is 0 Å². The van der Waals surface area contributed by atoms with Crippen molar-refractivity contribution in [3.63, 3.8) is 0 Å². The first-order valence-electron chi connectivity index (χ1n) is 5.08. The van der Waals surface area contributed by atoms with Crippen LogP contribution in [0.4, 0.5) is 11.4 Å². The SMILES string of the molecule is CCCC(C)N(C)c1cncc(N)c1. The standard InChI is InChI=1S/C11H19N3/c1-4-5-9(2)14(3)11-6-10(12)7-13-8-11/h6-9H,4-5,12H2,1-3H3. The zero-order chi connectivity index (χ0) is 10.6. The fourth-order valence-electron chi connectivity index (χ4n) is 1.50. The van der Waals surface area contributed by atoms with Gasteiger partial charge in [-0.3, -0.25) is 4.98 Å². The summed E-state index contributed by atoms with van der Waals surface area (Å²) < 4.78 is 0. The van der Waals surface area contributed by atoms with E-state index in [2.05, 4.69) is 30.8 Å². The third-order valence-corrected chi connectivity index (χ3v) is 2.52. The summed E-state index contributed by atoms with van der Waals surface area (Å²) in [4.78, 5) is 6.30. The van der Waals surface area contributed by atoms with Gasteiger partial charge in [-0.05, 0) is 19.4 Å². The van der Waals surface area contributed by atoms with Crippen LogP contribution in [0.1, 0.15) is 26.7 Å². The molecule has 1 rings (SSSR count). The molecule has 1 aromatic rings. The molecule has 1 atom stereocenters. The minimum Gasteiger partial charge on any atom is -0.397 e. The average molecular weight is 193 g/mol. The van der Waals surface area contributed by atoms with E-state index in [1.165, 1.54) is 12.8 Å². The van der Waals surface area contributed by atoms with Gasteiger partial charge in [0.05, 0.1) is 17.6 Å². The Kier molecular flexibility index (Phi) is 3.74. The van der Waals surface area contributed by atoms with Gasteiger partial charge in [0.1, 0.15) is 0 Å². The lowest BCUT2D eigenvalue weighted by Crippen LogP contribution is -2.28. The topological polar surface area (TPSA) is 42.2 Å². The van der Waals surface area contributed by atoms with Gasteiger partial charge in [0, 0.05) is 19.3 Å². The molecule has 0 saturated carbocycles. The minimum atomic E-state index is 0.531. The summed E-state index contributed by atoms with van der Waals surface area (Å²) >= 11 is 0. The lowest BCUT2D eigenvalue weighted by Gasteiger charge is -2.26. The normalized spacial score (nSPS) is 12.5. The van der Waals surface area contributed by atoms with Crippen molar-refractivity contribution in [2.75, 3.05) is 17.7 Å². The average Bonchev–Trinajstić information content (AvgIpc) is 2.17. The molecule has 3 nitrogen and oxygen atoms in total. The van der Waals surface area contributed by atoms with E-state index >= 15 is 0 Å². The molecule has 0 spiro atoms. The maximum absolute atomic E-state index is 5.68. The number of aromatic nitrogens is 1. The lowest BCUT2D eigenvalue weighted by atomic mass is 10.1.